The van der Waals surface area contributed by atoms with Crippen LogP contribution in [0.25, 0.3) is 0 Å². The van der Waals surface area contributed by atoms with Crippen molar-refractivity contribution in [2.75, 3.05) is 40.9 Å². The first-order valence-corrected chi connectivity index (χ1v) is 7.07. The smallest absolute Gasteiger partial charge is 0.0589 e. The van der Waals surface area contributed by atoms with Crippen LogP contribution in [-0.4, -0.2) is 45.8 Å². The van der Waals surface area contributed by atoms with Crippen LogP contribution in [0.1, 0.15) is 18.0 Å². The maximum Gasteiger partial charge on any atom is 0.0589 e. The van der Waals surface area contributed by atoms with Gasteiger partial charge in [0.2, 0.25) is 0 Å². The molecule has 0 fully saturated rings. The fourth-order valence-electron chi connectivity index (χ4n) is 1.88. The van der Waals surface area contributed by atoms with Crippen LogP contribution < -0.4 is 5.32 Å². The number of likely N-dealkylation sites (N-methyl/N-ethyl adjacent to an activating group) is 1. The van der Waals surface area contributed by atoms with E-state index in [1.807, 2.05) is 7.05 Å². The second-order valence-electron chi connectivity index (χ2n) is 4.48. The molecule has 1 aromatic rings. The maximum atomic E-state index is 5.08. The molecule has 0 radical (unpaired) electrons. The minimum absolute atomic E-state index is 0.406. The van der Waals surface area contributed by atoms with Gasteiger partial charge in [-0.2, -0.15) is 0 Å². The highest BCUT2D eigenvalue weighted by molar-refractivity contribution is 9.10. The van der Waals surface area contributed by atoms with Gasteiger partial charge in [-0.1, -0.05) is 28.1 Å². The highest BCUT2D eigenvalue weighted by atomic mass is 79.9. The third kappa shape index (κ3) is 5.48. The molecule has 0 heterocycles. The highest BCUT2D eigenvalue weighted by Gasteiger charge is 2.10. The number of nitrogens with zero attached hydrogens (tertiary/aromatic N) is 1. The number of halogens is 1. The summed E-state index contributed by atoms with van der Waals surface area (Å²) in [5, 5.41) is 3.38. The first-order chi connectivity index (χ1) is 8.67. The minimum Gasteiger partial charge on any atom is -0.383 e. The van der Waals surface area contributed by atoms with Gasteiger partial charge in [0.15, 0.2) is 0 Å². The molecule has 1 rings (SSSR count). The molecule has 0 aliphatic heterocycles. The summed E-state index contributed by atoms with van der Waals surface area (Å²) < 4.78 is 6.20. The van der Waals surface area contributed by atoms with Crippen LogP contribution in [0.4, 0.5) is 0 Å². The lowest BCUT2D eigenvalue weighted by Gasteiger charge is -2.21. The largest absolute Gasteiger partial charge is 0.383 e. The van der Waals surface area contributed by atoms with Crippen LogP contribution in [-0.2, 0) is 4.74 Å². The van der Waals surface area contributed by atoms with Gasteiger partial charge in [0.25, 0.3) is 0 Å². The van der Waals surface area contributed by atoms with E-state index in [1.54, 1.807) is 7.11 Å². The summed E-state index contributed by atoms with van der Waals surface area (Å²) in [5.74, 6) is 0. The molecule has 4 heteroatoms. The summed E-state index contributed by atoms with van der Waals surface area (Å²) >= 11 is 3.46. The van der Waals surface area contributed by atoms with Crippen LogP contribution in [0.2, 0.25) is 0 Å². The number of hydrogen-bond donors (Lipinski definition) is 1. The van der Waals surface area contributed by atoms with E-state index in [-0.39, 0.29) is 0 Å². The van der Waals surface area contributed by atoms with Crippen molar-refractivity contribution in [1.29, 1.82) is 0 Å². The van der Waals surface area contributed by atoms with Gasteiger partial charge >= 0.3 is 0 Å². The quantitative estimate of drug-likeness (QED) is 0.798. The molecule has 0 aromatic heterocycles. The molecule has 0 saturated heterocycles. The van der Waals surface area contributed by atoms with E-state index in [0.717, 1.165) is 30.6 Å². The minimum atomic E-state index is 0.406. The molecular formula is C14H23BrN2O. The Kier molecular flexibility index (Phi) is 7.51. The fraction of sp³-hybridized carbons (Fsp3) is 0.571. The Morgan fingerprint density at radius 3 is 2.50 bits per heavy atom. The molecule has 1 unspecified atom stereocenters. The average molecular weight is 315 g/mol. The number of hydrogen-bond acceptors (Lipinski definition) is 3. The lowest BCUT2D eigenvalue weighted by atomic mass is 10.0. The van der Waals surface area contributed by atoms with Gasteiger partial charge in [-0.25, -0.2) is 0 Å². The predicted octanol–water partition coefficient (Wildman–Crippen LogP) is 2.68. The number of nitrogens with one attached hydrogen (secondary N) is 1. The van der Waals surface area contributed by atoms with Gasteiger partial charge in [0, 0.05) is 24.2 Å². The second-order valence-corrected chi connectivity index (χ2v) is 5.39. The summed E-state index contributed by atoms with van der Waals surface area (Å²) in [6, 6.07) is 8.92. The molecule has 18 heavy (non-hydrogen) atoms. The number of ether oxygens (including phenoxy) is 1. The normalized spacial score (nSPS) is 12.9. The van der Waals surface area contributed by atoms with Crippen LogP contribution in [0, 0.1) is 0 Å². The van der Waals surface area contributed by atoms with E-state index in [0.29, 0.717) is 6.04 Å². The van der Waals surface area contributed by atoms with Crippen molar-refractivity contribution in [1.82, 2.24) is 10.2 Å². The first kappa shape index (κ1) is 15.6. The summed E-state index contributed by atoms with van der Waals surface area (Å²) in [6.07, 6.45) is 1.10. The molecule has 0 amide bonds. The zero-order valence-electron chi connectivity index (χ0n) is 11.4. The SMILES string of the molecule is CNC(CCN(C)CCOC)c1ccc(Br)cc1. The number of methoxy groups -OCH3 is 1. The van der Waals surface area contributed by atoms with Gasteiger partial charge in [-0.05, 0) is 44.8 Å². The standard InChI is InChI=1S/C14H23BrN2O/c1-16-14(8-9-17(2)10-11-18-3)12-4-6-13(15)7-5-12/h4-7,14,16H,8-11H2,1-3H3. The third-order valence-electron chi connectivity index (χ3n) is 3.10. The molecule has 0 aliphatic rings. The van der Waals surface area contributed by atoms with Gasteiger partial charge < -0.3 is 15.0 Å². The third-order valence-corrected chi connectivity index (χ3v) is 3.63. The second kappa shape index (κ2) is 8.64. The Morgan fingerprint density at radius 1 is 1.28 bits per heavy atom. The van der Waals surface area contributed by atoms with E-state index in [4.69, 9.17) is 4.74 Å². The van der Waals surface area contributed by atoms with Crippen LogP contribution in [0.5, 0.6) is 0 Å². The molecule has 0 aliphatic carbocycles. The van der Waals surface area contributed by atoms with Gasteiger partial charge in [-0.3, -0.25) is 0 Å². The van der Waals surface area contributed by atoms with Crippen LogP contribution in [0.3, 0.4) is 0 Å². The Morgan fingerprint density at radius 2 is 1.94 bits per heavy atom. The fourth-order valence-corrected chi connectivity index (χ4v) is 2.15. The van der Waals surface area contributed by atoms with E-state index >= 15 is 0 Å². The molecule has 1 N–H and O–H groups in total. The molecule has 1 aromatic carbocycles. The summed E-state index contributed by atoms with van der Waals surface area (Å²) in [4.78, 5) is 2.30. The Hall–Kier alpha value is -0.420. The van der Waals surface area contributed by atoms with Crippen LogP contribution in [0.15, 0.2) is 28.7 Å². The van der Waals surface area contributed by atoms with Crippen molar-refractivity contribution in [2.45, 2.75) is 12.5 Å². The Bertz CT molecular complexity index is 329. The summed E-state index contributed by atoms with van der Waals surface area (Å²) in [5.41, 5.74) is 1.33. The Labute approximate surface area is 119 Å². The van der Waals surface area contributed by atoms with Crippen molar-refractivity contribution >= 4 is 15.9 Å². The van der Waals surface area contributed by atoms with E-state index in [2.05, 4.69) is 57.5 Å². The predicted molar refractivity (Wildman–Crippen MR) is 79.9 cm³/mol. The zero-order chi connectivity index (χ0) is 13.4. The van der Waals surface area contributed by atoms with Gasteiger partial charge in [0.05, 0.1) is 6.61 Å². The van der Waals surface area contributed by atoms with Crippen molar-refractivity contribution in [3.63, 3.8) is 0 Å². The molecule has 1 atom stereocenters. The van der Waals surface area contributed by atoms with Gasteiger partial charge in [-0.15, -0.1) is 0 Å². The molecule has 102 valence electrons. The molecule has 0 saturated carbocycles. The summed E-state index contributed by atoms with van der Waals surface area (Å²) in [6.45, 7) is 2.83. The van der Waals surface area contributed by atoms with Crippen molar-refractivity contribution in [3.8, 4) is 0 Å². The van der Waals surface area contributed by atoms with E-state index in [1.165, 1.54) is 5.56 Å². The number of benzene rings is 1. The molecule has 0 spiro atoms. The van der Waals surface area contributed by atoms with Crippen LogP contribution >= 0.6 is 15.9 Å². The van der Waals surface area contributed by atoms with Crippen molar-refractivity contribution in [2.24, 2.45) is 0 Å². The monoisotopic (exact) mass is 314 g/mol. The highest BCUT2D eigenvalue weighted by Crippen LogP contribution is 2.19. The first-order valence-electron chi connectivity index (χ1n) is 6.27. The molecular weight excluding hydrogens is 292 g/mol. The summed E-state index contributed by atoms with van der Waals surface area (Å²) in [7, 11) is 5.89. The van der Waals surface area contributed by atoms with Crippen molar-refractivity contribution in [3.05, 3.63) is 34.3 Å². The van der Waals surface area contributed by atoms with E-state index < -0.39 is 0 Å². The molecule has 0 bridgehead atoms. The molecule has 3 nitrogen and oxygen atoms in total. The lowest BCUT2D eigenvalue weighted by Crippen LogP contribution is -2.27. The van der Waals surface area contributed by atoms with Gasteiger partial charge in [0.1, 0.15) is 0 Å². The van der Waals surface area contributed by atoms with Crippen molar-refractivity contribution < 1.29 is 4.74 Å². The lowest BCUT2D eigenvalue weighted by molar-refractivity contribution is 0.159. The average Bonchev–Trinajstić information content (AvgIpc) is 2.39. The zero-order valence-corrected chi connectivity index (χ0v) is 13.0. The maximum absolute atomic E-state index is 5.08. The topological polar surface area (TPSA) is 24.5 Å². The Balaban J connectivity index is 2.44. The van der Waals surface area contributed by atoms with E-state index in [9.17, 15) is 0 Å². The number of rotatable bonds is 8.